The number of aromatic nitrogens is 2. The first-order chi connectivity index (χ1) is 13.7. The molecule has 0 atom stereocenters. The maximum atomic E-state index is 12.4. The second-order valence-electron chi connectivity index (χ2n) is 6.61. The Labute approximate surface area is 164 Å². The van der Waals surface area contributed by atoms with Gasteiger partial charge < -0.3 is 15.0 Å². The van der Waals surface area contributed by atoms with Gasteiger partial charge in [0, 0.05) is 18.8 Å². The van der Waals surface area contributed by atoms with E-state index in [1.807, 2.05) is 19.1 Å². The van der Waals surface area contributed by atoms with Gasteiger partial charge in [0.05, 0.1) is 19.0 Å². The summed E-state index contributed by atoms with van der Waals surface area (Å²) in [5, 5.41) is 2.83. The van der Waals surface area contributed by atoms with Gasteiger partial charge in [-0.25, -0.2) is 9.97 Å². The molecule has 142 valence electrons. The highest BCUT2D eigenvalue weighted by molar-refractivity contribution is 6.02. The van der Waals surface area contributed by atoms with Gasteiger partial charge in [-0.3, -0.25) is 4.79 Å². The molecule has 0 aliphatic carbocycles. The summed E-state index contributed by atoms with van der Waals surface area (Å²) < 4.78 is 5.40. The lowest BCUT2D eigenvalue weighted by molar-refractivity contribution is 0.102. The number of nitrogens with zero attached hydrogens (tertiary/aromatic N) is 3. The molecule has 6 nitrogen and oxygen atoms in total. The Bertz CT molecular complexity index is 955. The van der Waals surface area contributed by atoms with Crippen molar-refractivity contribution < 1.29 is 9.53 Å². The molecule has 2 aromatic carbocycles. The van der Waals surface area contributed by atoms with E-state index < -0.39 is 0 Å². The lowest BCUT2D eigenvalue weighted by Crippen LogP contribution is -2.31. The fraction of sp³-hybridized carbons (Fsp3) is 0.227. The zero-order chi connectivity index (χ0) is 19.3. The maximum absolute atomic E-state index is 12.4. The van der Waals surface area contributed by atoms with Crippen molar-refractivity contribution in [3.8, 4) is 5.75 Å². The van der Waals surface area contributed by atoms with Gasteiger partial charge in [-0.15, -0.1) is 0 Å². The van der Waals surface area contributed by atoms with E-state index in [0.29, 0.717) is 12.3 Å². The summed E-state index contributed by atoms with van der Waals surface area (Å²) in [5.74, 6) is 1.27. The van der Waals surface area contributed by atoms with Crippen molar-refractivity contribution in [2.45, 2.75) is 19.9 Å². The maximum Gasteiger partial charge on any atom is 0.275 e. The Morgan fingerprint density at radius 2 is 1.86 bits per heavy atom. The number of hydrogen-bond donors (Lipinski definition) is 1. The minimum atomic E-state index is -0.285. The zero-order valence-corrected chi connectivity index (χ0v) is 15.8. The molecule has 6 heteroatoms. The van der Waals surface area contributed by atoms with Crippen LogP contribution in [0.25, 0.3) is 0 Å². The van der Waals surface area contributed by atoms with E-state index in [-0.39, 0.29) is 11.6 Å². The second kappa shape index (κ2) is 8.08. The first-order valence-electron chi connectivity index (χ1n) is 9.41. The van der Waals surface area contributed by atoms with E-state index in [0.717, 1.165) is 31.1 Å². The van der Waals surface area contributed by atoms with E-state index in [2.05, 4.69) is 44.5 Å². The number of benzene rings is 2. The van der Waals surface area contributed by atoms with Gasteiger partial charge in [-0.2, -0.15) is 0 Å². The molecule has 28 heavy (non-hydrogen) atoms. The molecule has 0 bridgehead atoms. The second-order valence-corrected chi connectivity index (χ2v) is 6.61. The van der Waals surface area contributed by atoms with Crippen LogP contribution in [0.1, 0.15) is 28.5 Å². The van der Waals surface area contributed by atoms with Crippen molar-refractivity contribution in [2.24, 2.45) is 0 Å². The van der Waals surface area contributed by atoms with E-state index in [9.17, 15) is 4.79 Å². The highest BCUT2D eigenvalue weighted by atomic mass is 16.5. The van der Waals surface area contributed by atoms with Gasteiger partial charge in [0.25, 0.3) is 5.91 Å². The number of anilines is 2. The van der Waals surface area contributed by atoms with Crippen LogP contribution in [0.4, 0.5) is 11.5 Å². The lowest BCUT2D eigenvalue weighted by Gasteiger charge is -2.29. The summed E-state index contributed by atoms with van der Waals surface area (Å²) in [6.45, 7) is 4.24. The van der Waals surface area contributed by atoms with Crippen molar-refractivity contribution in [3.63, 3.8) is 0 Å². The van der Waals surface area contributed by atoms with Crippen LogP contribution in [0.5, 0.6) is 5.75 Å². The molecule has 0 unspecified atom stereocenters. The van der Waals surface area contributed by atoms with Gasteiger partial charge in [-0.1, -0.05) is 24.3 Å². The Kier molecular flexibility index (Phi) is 5.19. The third kappa shape index (κ3) is 3.96. The molecule has 0 radical (unpaired) electrons. The number of hydrogen-bond acceptors (Lipinski definition) is 5. The fourth-order valence-electron chi connectivity index (χ4n) is 3.29. The minimum absolute atomic E-state index is 0.285. The van der Waals surface area contributed by atoms with Crippen molar-refractivity contribution in [2.75, 3.05) is 23.4 Å². The molecular formula is C22H22N4O2. The van der Waals surface area contributed by atoms with Gasteiger partial charge in [0.1, 0.15) is 17.3 Å². The van der Waals surface area contributed by atoms with E-state index in [1.54, 1.807) is 18.3 Å². The number of fused-ring (bicyclic) bond motifs is 1. The summed E-state index contributed by atoms with van der Waals surface area (Å²) in [5.41, 5.74) is 3.67. The van der Waals surface area contributed by atoms with Crippen LogP contribution in [0.15, 0.2) is 60.9 Å². The van der Waals surface area contributed by atoms with Crippen LogP contribution in [-0.2, 0) is 13.0 Å². The third-order valence-corrected chi connectivity index (χ3v) is 4.75. The molecule has 0 spiro atoms. The summed E-state index contributed by atoms with van der Waals surface area (Å²) in [4.78, 5) is 23.4. The average molecular weight is 374 g/mol. The molecule has 2 heterocycles. The molecule has 4 rings (SSSR count). The van der Waals surface area contributed by atoms with Crippen LogP contribution < -0.4 is 15.0 Å². The Hall–Kier alpha value is -3.41. The molecule has 1 N–H and O–H groups in total. The van der Waals surface area contributed by atoms with Crippen molar-refractivity contribution in [3.05, 3.63) is 77.7 Å². The van der Waals surface area contributed by atoms with Crippen LogP contribution in [0.3, 0.4) is 0 Å². The first-order valence-corrected chi connectivity index (χ1v) is 9.41. The molecule has 0 fully saturated rings. The number of nitrogens with one attached hydrogen (secondary N) is 1. The quantitative estimate of drug-likeness (QED) is 0.738. The van der Waals surface area contributed by atoms with Crippen LogP contribution >= 0.6 is 0 Å². The molecule has 0 saturated heterocycles. The summed E-state index contributed by atoms with van der Waals surface area (Å²) in [6.07, 6.45) is 4.18. The van der Waals surface area contributed by atoms with Crippen molar-refractivity contribution in [1.29, 1.82) is 0 Å². The fourth-order valence-corrected chi connectivity index (χ4v) is 3.29. The summed E-state index contributed by atoms with van der Waals surface area (Å²) >= 11 is 0. The van der Waals surface area contributed by atoms with Gasteiger partial charge in [0.15, 0.2) is 0 Å². The zero-order valence-electron chi connectivity index (χ0n) is 15.8. The number of rotatable bonds is 5. The monoisotopic (exact) mass is 374 g/mol. The predicted octanol–water partition coefficient (Wildman–Crippen LogP) is 3.69. The molecule has 3 aromatic rings. The van der Waals surface area contributed by atoms with Crippen LogP contribution in [-0.4, -0.2) is 29.0 Å². The average Bonchev–Trinajstić information content (AvgIpc) is 2.75. The number of carbonyl (C=O) groups is 1. The van der Waals surface area contributed by atoms with Crippen molar-refractivity contribution in [1.82, 2.24) is 9.97 Å². The Morgan fingerprint density at radius 3 is 2.57 bits per heavy atom. The number of carbonyl (C=O) groups excluding carboxylic acids is 1. The SMILES string of the molecule is CCOc1ccc(NC(=O)c2cnc(N3CCc4ccccc4C3)cn2)cc1. The van der Waals surface area contributed by atoms with Crippen LogP contribution in [0, 0.1) is 0 Å². The largest absolute Gasteiger partial charge is 0.494 e. The third-order valence-electron chi connectivity index (χ3n) is 4.75. The standard InChI is InChI=1S/C22H22N4O2/c1-2-28-19-9-7-18(8-10-19)25-22(27)20-13-24-21(14-23-20)26-12-11-16-5-3-4-6-17(16)15-26/h3-10,13-14H,2,11-12,15H2,1H3,(H,25,27). The minimum Gasteiger partial charge on any atom is -0.494 e. The van der Waals surface area contributed by atoms with Gasteiger partial charge in [-0.05, 0) is 48.7 Å². The van der Waals surface area contributed by atoms with Gasteiger partial charge >= 0.3 is 0 Å². The lowest BCUT2D eigenvalue weighted by atomic mass is 10.0. The van der Waals surface area contributed by atoms with E-state index >= 15 is 0 Å². The molecule has 0 saturated carbocycles. The molecule has 1 aliphatic rings. The van der Waals surface area contributed by atoms with Gasteiger partial charge in [0.2, 0.25) is 0 Å². The highest BCUT2D eigenvalue weighted by Gasteiger charge is 2.18. The van der Waals surface area contributed by atoms with E-state index in [4.69, 9.17) is 4.74 Å². The molecule has 1 amide bonds. The predicted molar refractivity (Wildman–Crippen MR) is 109 cm³/mol. The highest BCUT2D eigenvalue weighted by Crippen LogP contribution is 2.22. The molecule has 1 aromatic heterocycles. The topological polar surface area (TPSA) is 67.3 Å². The number of amides is 1. The smallest absolute Gasteiger partial charge is 0.275 e. The number of ether oxygens (including phenoxy) is 1. The normalized spacial score (nSPS) is 13.0. The van der Waals surface area contributed by atoms with Crippen LogP contribution in [0.2, 0.25) is 0 Å². The van der Waals surface area contributed by atoms with Crippen molar-refractivity contribution >= 4 is 17.4 Å². The molecular weight excluding hydrogens is 352 g/mol. The first kappa shape index (κ1) is 18.0. The molecule has 1 aliphatic heterocycles. The Morgan fingerprint density at radius 1 is 1.07 bits per heavy atom. The summed E-state index contributed by atoms with van der Waals surface area (Å²) in [7, 11) is 0. The van der Waals surface area contributed by atoms with E-state index in [1.165, 1.54) is 17.3 Å². The Balaban J connectivity index is 1.41. The summed E-state index contributed by atoms with van der Waals surface area (Å²) in [6, 6.07) is 15.7.